The third kappa shape index (κ3) is 2.94. The van der Waals surface area contributed by atoms with Gasteiger partial charge in [-0.1, -0.05) is 30.3 Å². The largest absolute Gasteiger partial charge is 0.417 e. The van der Waals surface area contributed by atoms with Gasteiger partial charge in [-0.2, -0.15) is 4.73 Å². The van der Waals surface area contributed by atoms with Gasteiger partial charge in [-0.15, -0.1) is 0 Å². The maximum atomic E-state index is 12.3. The molecule has 3 aromatic rings. The Morgan fingerprint density at radius 1 is 1.18 bits per heavy atom. The minimum atomic E-state index is -0.0388. The van der Waals surface area contributed by atoms with Gasteiger partial charge in [0.05, 0.1) is 17.6 Å². The molecule has 5 heteroatoms. The van der Waals surface area contributed by atoms with Crippen molar-refractivity contribution < 1.29 is 9.63 Å². The van der Waals surface area contributed by atoms with Gasteiger partial charge in [0.15, 0.2) is 0 Å². The van der Waals surface area contributed by atoms with Crippen molar-refractivity contribution in [2.24, 2.45) is 0 Å². The summed E-state index contributed by atoms with van der Waals surface area (Å²) in [4.78, 5) is 17.6. The fourth-order valence-electron chi connectivity index (χ4n) is 2.44. The van der Waals surface area contributed by atoms with E-state index in [2.05, 4.69) is 27.9 Å². The molecular weight excluding hydrogens is 391 g/mol. The molecule has 1 heterocycles. The normalized spacial score (nSPS) is 10.6. The summed E-state index contributed by atoms with van der Waals surface area (Å²) in [6.45, 7) is 0. The second kappa shape index (κ2) is 6.39. The molecule has 1 amide bonds. The van der Waals surface area contributed by atoms with Crippen molar-refractivity contribution in [2.75, 3.05) is 12.4 Å². The number of nitrogens with zero attached hydrogens (tertiary/aromatic N) is 1. The monoisotopic (exact) mass is 406 g/mol. The summed E-state index contributed by atoms with van der Waals surface area (Å²) in [6, 6.07) is 15.6. The van der Waals surface area contributed by atoms with E-state index in [1.54, 1.807) is 11.8 Å². The Labute approximate surface area is 142 Å². The SMILES string of the molecule is COn1cc(CC(=O)Nc2ccccc2I)c2ccccc21. The third-order valence-corrected chi connectivity index (χ3v) is 4.40. The van der Waals surface area contributed by atoms with Gasteiger partial charge in [0.1, 0.15) is 7.11 Å². The van der Waals surface area contributed by atoms with Crippen molar-refractivity contribution in [2.45, 2.75) is 6.42 Å². The zero-order valence-electron chi connectivity index (χ0n) is 12.0. The third-order valence-electron chi connectivity index (χ3n) is 3.46. The van der Waals surface area contributed by atoms with Crippen LogP contribution in [-0.4, -0.2) is 17.7 Å². The maximum Gasteiger partial charge on any atom is 0.228 e. The first kappa shape index (κ1) is 14.9. The summed E-state index contributed by atoms with van der Waals surface area (Å²) < 4.78 is 2.71. The molecule has 0 bridgehead atoms. The Morgan fingerprint density at radius 2 is 1.91 bits per heavy atom. The van der Waals surface area contributed by atoms with Crippen molar-refractivity contribution in [1.29, 1.82) is 0 Å². The molecule has 0 aliphatic heterocycles. The minimum Gasteiger partial charge on any atom is -0.417 e. The zero-order chi connectivity index (χ0) is 15.5. The van der Waals surface area contributed by atoms with Crippen LogP contribution in [0.1, 0.15) is 5.56 Å². The molecule has 0 radical (unpaired) electrons. The zero-order valence-corrected chi connectivity index (χ0v) is 14.2. The molecule has 2 aromatic carbocycles. The lowest BCUT2D eigenvalue weighted by Crippen LogP contribution is -2.15. The average Bonchev–Trinajstić information content (AvgIpc) is 2.88. The number of nitrogens with one attached hydrogen (secondary N) is 1. The molecule has 0 spiro atoms. The summed E-state index contributed by atoms with van der Waals surface area (Å²) in [6.07, 6.45) is 2.17. The first-order chi connectivity index (χ1) is 10.7. The quantitative estimate of drug-likeness (QED) is 0.675. The summed E-state index contributed by atoms with van der Waals surface area (Å²) in [7, 11) is 1.61. The van der Waals surface area contributed by atoms with E-state index in [9.17, 15) is 4.79 Å². The molecule has 0 fully saturated rings. The van der Waals surface area contributed by atoms with Crippen LogP contribution in [0.5, 0.6) is 0 Å². The Bertz CT molecular complexity index is 826. The van der Waals surface area contributed by atoms with E-state index in [-0.39, 0.29) is 5.91 Å². The molecular formula is C17H15IN2O2. The lowest BCUT2D eigenvalue weighted by atomic mass is 10.1. The molecule has 0 atom stereocenters. The molecule has 1 aromatic heterocycles. The highest BCUT2D eigenvalue weighted by atomic mass is 127. The molecule has 112 valence electrons. The van der Waals surface area contributed by atoms with Crippen LogP contribution in [0.3, 0.4) is 0 Å². The molecule has 0 saturated carbocycles. The van der Waals surface area contributed by atoms with Crippen LogP contribution in [0.4, 0.5) is 5.69 Å². The van der Waals surface area contributed by atoms with Gasteiger partial charge in [-0.05, 0) is 46.4 Å². The van der Waals surface area contributed by atoms with E-state index in [0.29, 0.717) is 6.42 Å². The van der Waals surface area contributed by atoms with Crippen LogP contribution in [-0.2, 0) is 11.2 Å². The molecule has 22 heavy (non-hydrogen) atoms. The lowest BCUT2D eigenvalue weighted by molar-refractivity contribution is -0.115. The highest BCUT2D eigenvalue weighted by Gasteiger charge is 2.12. The molecule has 0 unspecified atom stereocenters. The van der Waals surface area contributed by atoms with Gasteiger partial charge in [0, 0.05) is 15.2 Å². The molecule has 1 N–H and O–H groups in total. The Kier molecular flexibility index (Phi) is 4.33. The first-order valence-electron chi connectivity index (χ1n) is 6.87. The van der Waals surface area contributed by atoms with E-state index in [0.717, 1.165) is 25.7 Å². The molecule has 0 aliphatic rings. The standard InChI is InChI=1S/C17H15IN2O2/c1-22-20-11-12(13-6-2-5-9-16(13)20)10-17(21)19-15-8-4-3-7-14(15)18/h2-9,11H,10H2,1H3,(H,19,21). The number of para-hydroxylation sites is 2. The number of anilines is 1. The highest BCUT2D eigenvalue weighted by Crippen LogP contribution is 2.22. The average molecular weight is 406 g/mol. The van der Waals surface area contributed by atoms with E-state index in [1.165, 1.54) is 0 Å². The second-order valence-electron chi connectivity index (χ2n) is 4.88. The van der Waals surface area contributed by atoms with Crippen LogP contribution in [0.2, 0.25) is 0 Å². The van der Waals surface area contributed by atoms with Crippen molar-refractivity contribution in [3.63, 3.8) is 0 Å². The van der Waals surface area contributed by atoms with Crippen molar-refractivity contribution >= 4 is 45.1 Å². The summed E-state index contributed by atoms with van der Waals surface area (Å²) in [5.41, 5.74) is 2.74. The van der Waals surface area contributed by atoms with Gasteiger partial charge in [-0.3, -0.25) is 4.79 Å². The number of aromatic nitrogens is 1. The van der Waals surface area contributed by atoms with Crippen molar-refractivity contribution in [1.82, 2.24) is 4.73 Å². The van der Waals surface area contributed by atoms with Crippen molar-refractivity contribution in [3.05, 3.63) is 63.9 Å². The van der Waals surface area contributed by atoms with E-state index >= 15 is 0 Å². The van der Waals surface area contributed by atoms with E-state index in [1.807, 2.05) is 54.7 Å². The minimum absolute atomic E-state index is 0.0388. The number of benzene rings is 2. The molecule has 3 rings (SSSR count). The fraction of sp³-hybridized carbons (Fsp3) is 0.118. The first-order valence-corrected chi connectivity index (χ1v) is 7.94. The highest BCUT2D eigenvalue weighted by molar-refractivity contribution is 14.1. The number of carbonyl (C=O) groups excluding carboxylic acids is 1. The van der Waals surface area contributed by atoms with Gasteiger partial charge in [0.25, 0.3) is 0 Å². The van der Waals surface area contributed by atoms with Gasteiger partial charge >= 0.3 is 0 Å². The van der Waals surface area contributed by atoms with Crippen molar-refractivity contribution in [3.8, 4) is 0 Å². The number of hydrogen-bond donors (Lipinski definition) is 1. The predicted molar refractivity (Wildman–Crippen MR) is 95.9 cm³/mol. The fourth-order valence-corrected chi connectivity index (χ4v) is 2.96. The van der Waals surface area contributed by atoms with Gasteiger partial charge in [-0.25, -0.2) is 0 Å². The topological polar surface area (TPSA) is 43.3 Å². The Morgan fingerprint density at radius 3 is 2.68 bits per heavy atom. The Hall–Kier alpha value is -2.02. The van der Waals surface area contributed by atoms with E-state index in [4.69, 9.17) is 4.84 Å². The lowest BCUT2D eigenvalue weighted by Gasteiger charge is -2.06. The second-order valence-corrected chi connectivity index (χ2v) is 6.05. The number of rotatable bonds is 4. The number of halogens is 1. The van der Waals surface area contributed by atoms with Crippen LogP contribution in [0.15, 0.2) is 54.7 Å². The van der Waals surface area contributed by atoms with Gasteiger partial charge < -0.3 is 10.2 Å². The van der Waals surface area contributed by atoms with Crippen LogP contribution in [0.25, 0.3) is 10.9 Å². The Balaban J connectivity index is 1.84. The summed E-state index contributed by atoms with van der Waals surface area (Å²) in [5.74, 6) is -0.0388. The smallest absolute Gasteiger partial charge is 0.228 e. The number of carbonyl (C=O) groups is 1. The number of hydrogen-bond acceptors (Lipinski definition) is 2. The number of fused-ring (bicyclic) bond motifs is 1. The van der Waals surface area contributed by atoms with Gasteiger partial charge in [0.2, 0.25) is 5.91 Å². The predicted octanol–water partition coefficient (Wildman–Crippen LogP) is 3.49. The van der Waals surface area contributed by atoms with Crippen LogP contribution in [0, 0.1) is 3.57 Å². The van der Waals surface area contributed by atoms with E-state index < -0.39 is 0 Å². The summed E-state index contributed by atoms with van der Waals surface area (Å²) in [5, 5.41) is 3.98. The van der Waals surface area contributed by atoms with Crippen LogP contribution >= 0.6 is 22.6 Å². The molecule has 0 saturated heterocycles. The summed E-state index contributed by atoms with van der Waals surface area (Å²) >= 11 is 2.21. The van der Waals surface area contributed by atoms with Crippen LogP contribution < -0.4 is 10.2 Å². The number of amides is 1. The molecule has 0 aliphatic carbocycles. The maximum absolute atomic E-state index is 12.3. The molecule has 4 nitrogen and oxygen atoms in total.